The number of halogens is 1. The van der Waals surface area contributed by atoms with Gasteiger partial charge in [0, 0.05) is 19.0 Å². The summed E-state index contributed by atoms with van der Waals surface area (Å²) in [5.74, 6) is 3.08. The smallest absolute Gasteiger partial charge is 0.213 e. The summed E-state index contributed by atoms with van der Waals surface area (Å²) in [7, 11) is 1.74. The number of oxazole rings is 1. The Morgan fingerprint density at radius 1 is 1.22 bits per heavy atom. The van der Waals surface area contributed by atoms with Crippen LogP contribution in [0.4, 0.5) is 0 Å². The van der Waals surface area contributed by atoms with E-state index < -0.39 is 0 Å². The van der Waals surface area contributed by atoms with Crippen LogP contribution in [0.2, 0.25) is 0 Å². The molecule has 0 atom stereocenters. The number of benzene rings is 1. The maximum absolute atomic E-state index is 5.79. The Bertz CT molecular complexity index is 736. The average Bonchev–Trinajstić information content (AvgIpc) is 3.04. The lowest BCUT2D eigenvalue weighted by molar-refractivity contribution is 0.242. The molecule has 150 valence electrons. The molecule has 2 aromatic rings. The van der Waals surface area contributed by atoms with E-state index in [1.54, 1.807) is 13.2 Å². The molecule has 27 heavy (non-hydrogen) atoms. The second kappa shape index (κ2) is 10.5. The van der Waals surface area contributed by atoms with Gasteiger partial charge >= 0.3 is 0 Å². The van der Waals surface area contributed by atoms with E-state index in [2.05, 4.69) is 47.4 Å². The normalized spacial score (nSPS) is 11.9. The Balaban J connectivity index is 0.00000364. The Labute approximate surface area is 179 Å². The van der Waals surface area contributed by atoms with Gasteiger partial charge in [0.2, 0.25) is 5.89 Å². The highest BCUT2D eigenvalue weighted by Crippen LogP contribution is 2.22. The first kappa shape index (κ1) is 23.3. The standard InChI is InChI=1S/C20H30N4O2.HI/c1-14(2)25-16-9-7-8-15(10-16)11-23-19(21-6)24-13-18-22-12-17(26-18)20(3,4)5;/h7-10,12,14H,11,13H2,1-6H3,(H2,21,23,24);1H. The number of aromatic nitrogens is 1. The van der Waals surface area contributed by atoms with Crippen molar-refractivity contribution in [2.75, 3.05) is 7.05 Å². The van der Waals surface area contributed by atoms with Crippen LogP contribution in [-0.4, -0.2) is 24.1 Å². The van der Waals surface area contributed by atoms with Gasteiger partial charge in [0.05, 0.1) is 18.8 Å². The highest BCUT2D eigenvalue weighted by Gasteiger charge is 2.19. The quantitative estimate of drug-likeness (QED) is 0.363. The zero-order valence-corrected chi connectivity index (χ0v) is 19.3. The zero-order chi connectivity index (χ0) is 19.2. The van der Waals surface area contributed by atoms with E-state index in [4.69, 9.17) is 9.15 Å². The van der Waals surface area contributed by atoms with Gasteiger partial charge in [-0.2, -0.15) is 0 Å². The van der Waals surface area contributed by atoms with Gasteiger partial charge < -0.3 is 19.8 Å². The molecule has 0 amide bonds. The van der Waals surface area contributed by atoms with E-state index in [1.165, 1.54) is 0 Å². The molecule has 0 aliphatic carbocycles. The van der Waals surface area contributed by atoms with Crippen LogP contribution in [-0.2, 0) is 18.5 Å². The van der Waals surface area contributed by atoms with Crippen LogP contribution in [0.15, 0.2) is 39.9 Å². The summed E-state index contributed by atoms with van der Waals surface area (Å²) in [4.78, 5) is 8.56. The van der Waals surface area contributed by atoms with Crippen LogP contribution < -0.4 is 15.4 Å². The van der Waals surface area contributed by atoms with Crippen LogP contribution in [0.5, 0.6) is 5.75 Å². The van der Waals surface area contributed by atoms with Crippen molar-refractivity contribution in [1.82, 2.24) is 15.6 Å². The highest BCUT2D eigenvalue weighted by atomic mass is 127. The second-order valence-corrected chi connectivity index (χ2v) is 7.46. The van der Waals surface area contributed by atoms with Crippen molar-refractivity contribution in [2.24, 2.45) is 4.99 Å². The first-order valence-corrected chi connectivity index (χ1v) is 8.93. The SMILES string of the molecule is CN=C(NCc1cccc(OC(C)C)c1)NCc1ncc(C(C)(C)C)o1.I. The molecule has 0 unspecified atom stereocenters. The van der Waals surface area contributed by atoms with Crippen LogP contribution in [0, 0.1) is 0 Å². The van der Waals surface area contributed by atoms with E-state index in [0.29, 0.717) is 24.9 Å². The lowest BCUT2D eigenvalue weighted by atomic mass is 9.94. The second-order valence-electron chi connectivity index (χ2n) is 7.46. The van der Waals surface area contributed by atoms with Crippen LogP contribution in [0.25, 0.3) is 0 Å². The van der Waals surface area contributed by atoms with Gasteiger partial charge in [-0.25, -0.2) is 4.98 Å². The molecule has 0 spiro atoms. The summed E-state index contributed by atoms with van der Waals surface area (Å²) < 4.78 is 11.5. The summed E-state index contributed by atoms with van der Waals surface area (Å²) in [6.45, 7) is 11.5. The molecular formula is C20H31IN4O2. The van der Waals surface area contributed by atoms with Crippen molar-refractivity contribution in [1.29, 1.82) is 0 Å². The monoisotopic (exact) mass is 486 g/mol. The third-order valence-corrected chi connectivity index (χ3v) is 3.65. The average molecular weight is 486 g/mol. The van der Waals surface area contributed by atoms with Crippen LogP contribution >= 0.6 is 24.0 Å². The Morgan fingerprint density at radius 3 is 2.52 bits per heavy atom. The van der Waals surface area contributed by atoms with Crippen LogP contribution in [0.3, 0.4) is 0 Å². The van der Waals surface area contributed by atoms with Gasteiger partial charge in [0.15, 0.2) is 5.96 Å². The van der Waals surface area contributed by atoms with E-state index in [0.717, 1.165) is 17.1 Å². The van der Waals surface area contributed by atoms with Crippen molar-refractivity contribution in [3.05, 3.63) is 47.7 Å². The van der Waals surface area contributed by atoms with Gasteiger partial charge in [-0.1, -0.05) is 32.9 Å². The number of hydrogen-bond acceptors (Lipinski definition) is 4. The molecule has 6 nitrogen and oxygen atoms in total. The molecule has 0 aliphatic heterocycles. The molecule has 7 heteroatoms. The highest BCUT2D eigenvalue weighted by molar-refractivity contribution is 14.0. The molecule has 0 saturated heterocycles. The summed E-state index contributed by atoms with van der Waals surface area (Å²) in [6, 6.07) is 8.04. The van der Waals surface area contributed by atoms with Crippen molar-refractivity contribution in [3.8, 4) is 5.75 Å². The fourth-order valence-corrected chi connectivity index (χ4v) is 2.31. The molecule has 0 saturated carbocycles. The van der Waals surface area contributed by atoms with Gasteiger partial charge in [-0.3, -0.25) is 4.99 Å². The van der Waals surface area contributed by atoms with Gasteiger partial charge in [-0.05, 0) is 31.5 Å². The summed E-state index contributed by atoms with van der Waals surface area (Å²) >= 11 is 0. The van der Waals surface area contributed by atoms with E-state index >= 15 is 0 Å². The minimum atomic E-state index is -0.0474. The zero-order valence-electron chi connectivity index (χ0n) is 17.0. The van der Waals surface area contributed by atoms with Crippen molar-refractivity contribution in [3.63, 3.8) is 0 Å². The molecule has 1 heterocycles. The van der Waals surface area contributed by atoms with Gasteiger partial charge in [0.25, 0.3) is 0 Å². The lowest BCUT2D eigenvalue weighted by Gasteiger charge is -2.14. The summed E-state index contributed by atoms with van der Waals surface area (Å²) in [6.07, 6.45) is 1.94. The number of ether oxygens (including phenoxy) is 1. The Hall–Kier alpha value is -1.77. The topological polar surface area (TPSA) is 71.7 Å². The van der Waals surface area contributed by atoms with Crippen LogP contribution in [0.1, 0.15) is 51.8 Å². The fourth-order valence-electron chi connectivity index (χ4n) is 2.31. The molecule has 2 N–H and O–H groups in total. The number of aliphatic imine (C=N–C) groups is 1. The molecule has 0 radical (unpaired) electrons. The van der Waals surface area contributed by atoms with E-state index in [-0.39, 0.29) is 35.5 Å². The third-order valence-electron chi connectivity index (χ3n) is 3.65. The lowest BCUT2D eigenvalue weighted by Crippen LogP contribution is -2.36. The number of guanidine groups is 1. The molecule has 0 fully saturated rings. The van der Waals surface area contributed by atoms with E-state index in [9.17, 15) is 0 Å². The fraction of sp³-hybridized carbons (Fsp3) is 0.500. The molecule has 1 aromatic heterocycles. The third kappa shape index (κ3) is 7.78. The largest absolute Gasteiger partial charge is 0.491 e. The van der Waals surface area contributed by atoms with Crippen molar-refractivity contribution >= 4 is 29.9 Å². The maximum atomic E-state index is 5.79. The van der Waals surface area contributed by atoms with Gasteiger partial charge in [0.1, 0.15) is 11.5 Å². The first-order valence-electron chi connectivity index (χ1n) is 8.93. The summed E-state index contributed by atoms with van der Waals surface area (Å²) in [5, 5.41) is 6.51. The van der Waals surface area contributed by atoms with E-state index in [1.807, 2.05) is 32.0 Å². The Kier molecular flexibility index (Phi) is 9.08. The molecular weight excluding hydrogens is 455 g/mol. The number of nitrogens with one attached hydrogen (secondary N) is 2. The minimum Gasteiger partial charge on any atom is -0.491 e. The molecule has 1 aromatic carbocycles. The minimum absolute atomic E-state index is 0. The van der Waals surface area contributed by atoms with Crippen molar-refractivity contribution in [2.45, 2.75) is 59.2 Å². The molecule has 0 bridgehead atoms. The van der Waals surface area contributed by atoms with Crippen molar-refractivity contribution < 1.29 is 9.15 Å². The number of hydrogen-bond donors (Lipinski definition) is 2. The molecule has 0 aliphatic rings. The first-order chi connectivity index (χ1) is 12.3. The maximum Gasteiger partial charge on any atom is 0.213 e. The van der Waals surface area contributed by atoms with Gasteiger partial charge in [-0.15, -0.1) is 24.0 Å². The Morgan fingerprint density at radius 2 is 1.93 bits per heavy atom. The number of rotatable bonds is 6. The summed E-state index contributed by atoms with van der Waals surface area (Å²) in [5.41, 5.74) is 1.08. The predicted molar refractivity (Wildman–Crippen MR) is 120 cm³/mol. The predicted octanol–water partition coefficient (Wildman–Crippen LogP) is 4.24. The molecule has 2 rings (SSSR count). The number of nitrogens with zero attached hydrogens (tertiary/aromatic N) is 2.